The molecule has 0 saturated carbocycles. The van der Waals surface area contributed by atoms with Gasteiger partial charge in [0.05, 0.1) is 24.9 Å². The lowest BCUT2D eigenvalue weighted by Gasteiger charge is -2.50. The van der Waals surface area contributed by atoms with Gasteiger partial charge in [-0.15, -0.1) is 0 Å². The van der Waals surface area contributed by atoms with Crippen LogP contribution in [-0.4, -0.2) is 88.9 Å². The maximum absolute atomic E-state index is 13.5. The Bertz CT molecular complexity index is 1470. The van der Waals surface area contributed by atoms with Crippen LogP contribution < -0.4 is 16.1 Å². The van der Waals surface area contributed by atoms with Crippen molar-refractivity contribution in [3.8, 4) is 5.88 Å². The summed E-state index contributed by atoms with van der Waals surface area (Å²) in [6, 6.07) is 4.29. The van der Waals surface area contributed by atoms with Crippen LogP contribution in [0, 0.1) is 5.41 Å². The number of hydrogen-bond donors (Lipinski definition) is 2. The van der Waals surface area contributed by atoms with Gasteiger partial charge in [-0.3, -0.25) is 38.7 Å². The highest BCUT2D eigenvalue weighted by atomic mass is 16.5. The number of carbonyl (C=O) groups excluding carboxylic acids is 3. The molecule has 2 aromatic rings. The molecule has 1 spiro atoms. The molecule has 0 bridgehead atoms. The summed E-state index contributed by atoms with van der Waals surface area (Å²) in [6.07, 6.45) is 2.70. The first-order valence-corrected chi connectivity index (χ1v) is 12.2. The lowest BCUT2D eigenvalue weighted by Crippen LogP contribution is -2.70. The average Bonchev–Trinajstić information content (AvgIpc) is 3.40. The number of rotatable bonds is 5. The smallest absolute Gasteiger partial charge is 0.332 e. The number of urea groups is 1. The van der Waals surface area contributed by atoms with Gasteiger partial charge in [-0.1, -0.05) is 0 Å². The number of imide groups is 2. The van der Waals surface area contributed by atoms with E-state index in [2.05, 4.69) is 14.9 Å². The minimum Gasteiger partial charge on any atom is -0.494 e. The van der Waals surface area contributed by atoms with Gasteiger partial charge in [0, 0.05) is 39.7 Å². The van der Waals surface area contributed by atoms with Crippen molar-refractivity contribution in [2.75, 3.05) is 39.3 Å². The first-order valence-electron chi connectivity index (χ1n) is 12.2. The zero-order valence-electron chi connectivity index (χ0n) is 21.3. The van der Waals surface area contributed by atoms with Crippen LogP contribution in [0.15, 0.2) is 32.8 Å². The Kier molecular flexibility index (Phi) is 6.18. The SMILES string of the molecule is COCCn1c(O)c(C=Nc2ccc3c(c2)CC2(C(=O)N(C)C(=O)N(C)C2=O)C2CCCN32)c(=O)[nH]c1=O. The van der Waals surface area contributed by atoms with Crippen LogP contribution in [0.1, 0.15) is 24.0 Å². The summed E-state index contributed by atoms with van der Waals surface area (Å²) in [7, 11) is 4.23. The summed E-state index contributed by atoms with van der Waals surface area (Å²) in [4.78, 5) is 74.5. The summed E-state index contributed by atoms with van der Waals surface area (Å²) in [6.45, 7) is 0.841. The van der Waals surface area contributed by atoms with Crippen LogP contribution in [0.4, 0.5) is 16.2 Å². The average molecular weight is 525 g/mol. The van der Waals surface area contributed by atoms with Crippen LogP contribution in [0.3, 0.4) is 0 Å². The summed E-state index contributed by atoms with van der Waals surface area (Å²) >= 11 is 0. The molecular weight excluding hydrogens is 496 g/mol. The number of nitrogens with zero attached hydrogens (tertiary/aromatic N) is 5. The molecule has 2 saturated heterocycles. The monoisotopic (exact) mass is 524 g/mol. The molecular formula is C25H28N6O7. The third-order valence-electron chi connectivity index (χ3n) is 7.68. The largest absolute Gasteiger partial charge is 0.494 e. The zero-order chi connectivity index (χ0) is 27.4. The first-order chi connectivity index (χ1) is 18.1. The molecule has 3 aliphatic heterocycles. The Hall–Kier alpha value is -4.26. The van der Waals surface area contributed by atoms with Crippen molar-refractivity contribution in [3.05, 3.63) is 50.2 Å². The van der Waals surface area contributed by atoms with E-state index in [1.165, 1.54) is 21.2 Å². The fourth-order valence-electron chi connectivity index (χ4n) is 5.81. The Labute approximate surface area is 216 Å². The number of anilines is 1. The molecule has 0 aliphatic carbocycles. The second kappa shape index (κ2) is 9.24. The number of aromatic hydroxyl groups is 1. The molecule has 2 N–H and O–H groups in total. The number of methoxy groups -OCH3 is 1. The van der Waals surface area contributed by atoms with Gasteiger partial charge < -0.3 is 14.7 Å². The zero-order valence-corrected chi connectivity index (χ0v) is 21.3. The van der Waals surface area contributed by atoms with E-state index in [1.54, 1.807) is 12.1 Å². The number of benzene rings is 1. The van der Waals surface area contributed by atoms with Gasteiger partial charge >= 0.3 is 11.7 Å². The molecule has 2 fully saturated rings. The van der Waals surface area contributed by atoms with Crippen LogP contribution in [0.25, 0.3) is 0 Å². The fourth-order valence-corrected chi connectivity index (χ4v) is 5.81. The minimum atomic E-state index is -1.44. The Morgan fingerprint density at radius 1 is 1.16 bits per heavy atom. The first kappa shape index (κ1) is 25.4. The number of aliphatic imine (C=N–C) groups is 1. The lowest BCUT2D eigenvalue weighted by atomic mass is 9.68. The highest BCUT2D eigenvalue weighted by Gasteiger charge is 2.63. The van der Waals surface area contributed by atoms with E-state index in [1.807, 2.05) is 6.07 Å². The van der Waals surface area contributed by atoms with E-state index >= 15 is 0 Å². The lowest BCUT2D eigenvalue weighted by molar-refractivity contribution is -0.159. The standard InChI is InChI=1S/C25H28N6O7/c1-28-21(34)25(22(35)29(2)24(28)37)12-14-11-15(6-7-17(14)30-8-4-5-18(25)30)26-13-16-19(32)27-23(36)31(20(16)33)9-10-38-3/h6-7,11,13,18,33H,4-5,8-10,12H2,1-3H3,(H,27,32,36). The second-order valence-electron chi connectivity index (χ2n) is 9.72. The summed E-state index contributed by atoms with van der Waals surface area (Å²) in [5.74, 6) is -1.57. The molecule has 0 radical (unpaired) electrons. The quantitative estimate of drug-likeness (QED) is 0.415. The number of amides is 4. The van der Waals surface area contributed by atoms with E-state index in [4.69, 9.17) is 4.74 Å². The van der Waals surface area contributed by atoms with Gasteiger partial charge in [-0.25, -0.2) is 9.59 Å². The van der Waals surface area contributed by atoms with Gasteiger partial charge in [0.1, 0.15) is 5.56 Å². The van der Waals surface area contributed by atoms with Gasteiger partial charge in [0.2, 0.25) is 17.7 Å². The third kappa shape index (κ3) is 3.64. The third-order valence-corrected chi connectivity index (χ3v) is 7.68. The number of barbiturate groups is 1. The van der Waals surface area contributed by atoms with Crippen LogP contribution >= 0.6 is 0 Å². The van der Waals surface area contributed by atoms with Crippen molar-refractivity contribution in [2.45, 2.75) is 31.8 Å². The predicted octanol–water partition coefficient (Wildman–Crippen LogP) is 0.201. The van der Waals surface area contributed by atoms with Gasteiger partial charge in [-0.05, 0) is 43.0 Å². The normalized spacial score (nSPS) is 20.6. The van der Waals surface area contributed by atoms with Gasteiger partial charge in [-0.2, -0.15) is 0 Å². The molecule has 13 nitrogen and oxygen atoms in total. The molecule has 38 heavy (non-hydrogen) atoms. The highest BCUT2D eigenvalue weighted by molar-refractivity contribution is 6.20. The van der Waals surface area contributed by atoms with E-state index in [-0.39, 0.29) is 31.2 Å². The summed E-state index contributed by atoms with van der Waals surface area (Å²) in [5, 5.41) is 10.5. The molecule has 3 aliphatic rings. The molecule has 1 atom stereocenters. The minimum absolute atomic E-state index is 0.0319. The molecule has 1 aromatic carbocycles. The van der Waals surface area contributed by atoms with Gasteiger partial charge in [0.25, 0.3) is 5.56 Å². The van der Waals surface area contributed by atoms with Crippen molar-refractivity contribution in [1.29, 1.82) is 0 Å². The highest BCUT2D eigenvalue weighted by Crippen LogP contribution is 2.49. The molecule has 200 valence electrons. The predicted molar refractivity (Wildman–Crippen MR) is 136 cm³/mol. The number of carbonyl (C=O) groups is 3. The number of hydrogen-bond acceptors (Lipinski definition) is 9. The van der Waals surface area contributed by atoms with Crippen LogP contribution in [0.2, 0.25) is 0 Å². The Morgan fingerprint density at radius 2 is 1.87 bits per heavy atom. The summed E-state index contributed by atoms with van der Waals surface area (Å²) in [5.41, 5.74) is -1.19. The van der Waals surface area contributed by atoms with Crippen molar-refractivity contribution < 1.29 is 24.2 Å². The van der Waals surface area contributed by atoms with E-state index in [0.29, 0.717) is 24.2 Å². The number of nitrogens with one attached hydrogen (secondary N) is 1. The van der Waals surface area contributed by atoms with Gasteiger partial charge in [0.15, 0.2) is 5.41 Å². The van der Waals surface area contributed by atoms with Crippen molar-refractivity contribution >= 4 is 35.4 Å². The number of aromatic amines is 1. The van der Waals surface area contributed by atoms with Crippen molar-refractivity contribution in [2.24, 2.45) is 10.4 Å². The number of fused-ring (bicyclic) bond motifs is 4. The number of H-pyrrole nitrogens is 1. The van der Waals surface area contributed by atoms with E-state index in [9.17, 15) is 29.1 Å². The van der Waals surface area contributed by atoms with Crippen molar-refractivity contribution in [1.82, 2.24) is 19.4 Å². The summed E-state index contributed by atoms with van der Waals surface area (Å²) < 4.78 is 5.92. The second-order valence-corrected chi connectivity index (χ2v) is 9.72. The van der Waals surface area contributed by atoms with Crippen LogP contribution in [-0.2, 0) is 27.3 Å². The van der Waals surface area contributed by atoms with Crippen molar-refractivity contribution in [3.63, 3.8) is 0 Å². The number of aromatic nitrogens is 2. The Morgan fingerprint density at radius 3 is 2.55 bits per heavy atom. The maximum atomic E-state index is 13.5. The Balaban J connectivity index is 1.54. The molecule has 4 amide bonds. The molecule has 1 aromatic heterocycles. The molecule has 5 rings (SSSR count). The molecule has 13 heteroatoms. The fraction of sp³-hybridized carbons (Fsp3) is 0.440. The van der Waals surface area contributed by atoms with E-state index < -0.39 is 40.4 Å². The number of ether oxygens (including phenoxy) is 1. The topological polar surface area (TPSA) is 158 Å². The van der Waals surface area contributed by atoms with E-state index in [0.717, 1.165) is 32.7 Å². The molecule has 1 unspecified atom stereocenters. The maximum Gasteiger partial charge on any atom is 0.332 e. The van der Waals surface area contributed by atoms with Crippen LogP contribution in [0.5, 0.6) is 5.88 Å². The molecule has 4 heterocycles.